The predicted octanol–water partition coefficient (Wildman–Crippen LogP) is -0.141. The quantitative estimate of drug-likeness (QED) is 0.610. The Hall–Kier alpha value is -3.16. The zero-order valence-electron chi connectivity index (χ0n) is 13.0. The molecule has 0 saturated heterocycles. The van der Waals surface area contributed by atoms with E-state index in [-0.39, 0.29) is 13.1 Å². The van der Waals surface area contributed by atoms with Crippen molar-refractivity contribution in [3.63, 3.8) is 0 Å². The Morgan fingerprint density at radius 2 is 1.96 bits per heavy atom. The molecule has 1 aromatic carbocycles. The van der Waals surface area contributed by atoms with E-state index in [4.69, 9.17) is 0 Å². The molecule has 1 aromatic heterocycles. The number of carbonyl (C=O) groups is 1. The summed E-state index contributed by atoms with van der Waals surface area (Å²) >= 11 is 0. The molecular weight excluding hydrogens is 310 g/mol. The van der Waals surface area contributed by atoms with E-state index in [9.17, 15) is 14.4 Å². The highest BCUT2D eigenvalue weighted by molar-refractivity contribution is 5.75. The van der Waals surface area contributed by atoms with Crippen molar-refractivity contribution in [2.75, 3.05) is 18.0 Å². The van der Waals surface area contributed by atoms with Gasteiger partial charge in [-0.25, -0.2) is 4.68 Å². The fourth-order valence-electron chi connectivity index (χ4n) is 2.56. The van der Waals surface area contributed by atoms with Crippen LogP contribution in [0.1, 0.15) is 0 Å². The minimum atomic E-state index is -0.803. The minimum absolute atomic E-state index is 0.285. The monoisotopic (exact) mass is 327 g/mol. The van der Waals surface area contributed by atoms with Crippen molar-refractivity contribution in [2.45, 2.75) is 13.1 Å². The van der Waals surface area contributed by atoms with Crippen molar-refractivity contribution < 1.29 is 4.79 Å². The van der Waals surface area contributed by atoms with Gasteiger partial charge in [-0.3, -0.25) is 19.0 Å². The molecule has 3 rings (SSSR count). The molecule has 0 atom stereocenters. The van der Waals surface area contributed by atoms with Gasteiger partial charge in [-0.2, -0.15) is 0 Å². The van der Waals surface area contributed by atoms with E-state index in [1.165, 1.54) is 10.6 Å². The van der Waals surface area contributed by atoms with Crippen molar-refractivity contribution in [1.82, 2.24) is 19.7 Å². The molecule has 0 unspecified atom stereocenters. The molecule has 1 aliphatic heterocycles. The number of benzene rings is 1. The smallest absolute Gasteiger partial charge is 0.333 e. The maximum Gasteiger partial charge on any atom is 0.333 e. The number of aromatic nitrogens is 3. The lowest BCUT2D eigenvalue weighted by molar-refractivity contribution is -0.121. The third-order valence-corrected chi connectivity index (χ3v) is 3.71. The number of hydrogen-bond acceptors (Lipinski definition) is 5. The van der Waals surface area contributed by atoms with Crippen LogP contribution in [0.25, 0.3) is 0 Å². The number of rotatable bonds is 5. The first-order valence-corrected chi connectivity index (χ1v) is 7.54. The van der Waals surface area contributed by atoms with Crippen LogP contribution in [0.4, 0.5) is 11.6 Å². The Morgan fingerprint density at radius 1 is 1.21 bits per heavy atom. The summed E-state index contributed by atoms with van der Waals surface area (Å²) in [6.07, 6.45) is 1.53. The van der Waals surface area contributed by atoms with E-state index in [0.717, 1.165) is 10.4 Å². The van der Waals surface area contributed by atoms with E-state index in [1.54, 1.807) is 0 Å². The van der Waals surface area contributed by atoms with Gasteiger partial charge in [0.2, 0.25) is 11.9 Å². The summed E-state index contributed by atoms with van der Waals surface area (Å²) in [5, 5.41) is 6.78. The van der Waals surface area contributed by atoms with Crippen LogP contribution < -0.4 is 21.3 Å². The van der Waals surface area contributed by atoms with Crippen LogP contribution >= 0.6 is 0 Å². The third-order valence-electron chi connectivity index (χ3n) is 3.71. The molecule has 1 amide bonds. The van der Waals surface area contributed by atoms with Gasteiger partial charge in [-0.05, 0) is 12.1 Å². The minimum Gasteiger partial charge on any atom is -0.351 e. The van der Waals surface area contributed by atoms with Gasteiger partial charge >= 0.3 is 11.1 Å². The van der Waals surface area contributed by atoms with Crippen LogP contribution in [-0.4, -0.2) is 33.3 Å². The maximum absolute atomic E-state index is 12.3. The fourth-order valence-corrected chi connectivity index (χ4v) is 2.56. The summed E-state index contributed by atoms with van der Waals surface area (Å²) < 4.78 is 2.25. The van der Waals surface area contributed by atoms with Crippen molar-refractivity contribution in [3.8, 4) is 0 Å². The molecular formula is C16H17N5O3. The van der Waals surface area contributed by atoms with Gasteiger partial charge in [-0.1, -0.05) is 24.3 Å². The summed E-state index contributed by atoms with van der Waals surface area (Å²) in [7, 11) is 0. The molecule has 2 heterocycles. The average Bonchev–Trinajstić information content (AvgIpc) is 3.02. The highest BCUT2D eigenvalue weighted by Crippen LogP contribution is 2.25. The third kappa shape index (κ3) is 2.85. The normalized spacial score (nSPS) is 12.8. The molecule has 0 spiro atoms. The average molecular weight is 327 g/mol. The van der Waals surface area contributed by atoms with Crippen LogP contribution in [0.5, 0.6) is 0 Å². The van der Waals surface area contributed by atoms with E-state index in [1.807, 2.05) is 35.2 Å². The molecule has 24 heavy (non-hydrogen) atoms. The van der Waals surface area contributed by atoms with E-state index in [0.29, 0.717) is 19.0 Å². The van der Waals surface area contributed by atoms with Gasteiger partial charge in [0.25, 0.3) is 0 Å². The number of anilines is 2. The van der Waals surface area contributed by atoms with Crippen LogP contribution in [-0.2, 0) is 17.9 Å². The zero-order valence-corrected chi connectivity index (χ0v) is 13.0. The predicted molar refractivity (Wildman–Crippen MR) is 89.4 cm³/mol. The Balaban J connectivity index is 1.98. The summed E-state index contributed by atoms with van der Waals surface area (Å²) in [4.78, 5) is 38.1. The second-order valence-corrected chi connectivity index (χ2v) is 5.30. The van der Waals surface area contributed by atoms with Gasteiger partial charge in [0.1, 0.15) is 6.54 Å². The number of nitrogens with one attached hydrogen (secondary N) is 1. The molecule has 8 heteroatoms. The van der Waals surface area contributed by atoms with Crippen molar-refractivity contribution in [3.05, 3.63) is 63.7 Å². The summed E-state index contributed by atoms with van der Waals surface area (Å²) in [5.41, 5.74) is -0.602. The Kier molecular flexibility index (Phi) is 4.28. The Bertz CT molecular complexity index is 885. The van der Waals surface area contributed by atoms with Crippen LogP contribution in [0.2, 0.25) is 0 Å². The molecule has 1 aliphatic rings. The molecule has 0 fully saturated rings. The molecule has 0 radical (unpaired) electrons. The van der Waals surface area contributed by atoms with Gasteiger partial charge in [0, 0.05) is 25.3 Å². The van der Waals surface area contributed by atoms with Gasteiger partial charge in [0.15, 0.2) is 0 Å². The lowest BCUT2D eigenvalue weighted by Crippen LogP contribution is -2.44. The maximum atomic E-state index is 12.3. The summed E-state index contributed by atoms with van der Waals surface area (Å²) in [6, 6.07) is 9.46. The first kappa shape index (κ1) is 15.7. The Labute approximate surface area is 137 Å². The van der Waals surface area contributed by atoms with Gasteiger partial charge < -0.3 is 10.2 Å². The summed E-state index contributed by atoms with van der Waals surface area (Å²) in [5.74, 6) is -0.0413. The number of para-hydroxylation sites is 1. The number of nitrogens with zero attached hydrogens (tertiary/aromatic N) is 4. The number of hydrogen-bond donors (Lipinski definition) is 1. The zero-order chi connectivity index (χ0) is 17.1. The molecule has 0 bridgehead atoms. The SMILES string of the molecule is C=CCNC(=O)Cn1nc2n(c(=O)c1=O)CCN2c1ccccc1. The molecule has 124 valence electrons. The lowest BCUT2D eigenvalue weighted by Gasteiger charge is -2.17. The topological polar surface area (TPSA) is 89.2 Å². The number of carbonyl (C=O) groups excluding carboxylic acids is 1. The van der Waals surface area contributed by atoms with Crippen LogP contribution in [0.3, 0.4) is 0 Å². The number of amides is 1. The van der Waals surface area contributed by atoms with E-state index < -0.39 is 17.0 Å². The molecule has 0 saturated carbocycles. The van der Waals surface area contributed by atoms with E-state index >= 15 is 0 Å². The Morgan fingerprint density at radius 3 is 2.67 bits per heavy atom. The van der Waals surface area contributed by atoms with Crippen LogP contribution in [0, 0.1) is 0 Å². The van der Waals surface area contributed by atoms with Crippen LogP contribution in [0.15, 0.2) is 52.6 Å². The largest absolute Gasteiger partial charge is 0.351 e. The lowest BCUT2D eigenvalue weighted by atomic mass is 10.3. The van der Waals surface area contributed by atoms with Gasteiger partial charge in [-0.15, -0.1) is 11.7 Å². The van der Waals surface area contributed by atoms with Crippen molar-refractivity contribution in [1.29, 1.82) is 0 Å². The standard InChI is InChI=1S/C16H17N5O3/c1-2-8-17-13(22)11-21-15(24)14(23)20-10-9-19(16(20)18-21)12-6-4-3-5-7-12/h2-7H,1,8-11H2,(H,17,22). The van der Waals surface area contributed by atoms with Gasteiger partial charge in [0.05, 0.1) is 0 Å². The van der Waals surface area contributed by atoms with E-state index in [2.05, 4.69) is 17.0 Å². The van der Waals surface area contributed by atoms with Crippen molar-refractivity contribution in [2.24, 2.45) is 0 Å². The first-order valence-electron chi connectivity index (χ1n) is 7.54. The molecule has 1 N–H and O–H groups in total. The highest BCUT2D eigenvalue weighted by atomic mass is 16.2. The second kappa shape index (κ2) is 6.53. The molecule has 2 aromatic rings. The molecule has 8 nitrogen and oxygen atoms in total. The molecule has 0 aliphatic carbocycles. The summed E-state index contributed by atoms with van der Waals surface area (Å²) in [6.45, 7) is 4.41. The van der Waals surface area contributed by atoms with Crippen molar-refractivity contribution >= 4 is 17.5 Å². The second-order valence-electron chi connectivity index (χ2n) is 5.30. The number of fused-ring (bicyclic) bond motifs is 1. The first-order chi connectivity index (χ1) is 11.6. The fraction of sp³-hybridized carbons (Fsp3) is 0.250. The highest BCUT2D eigenvalue weighted by Gasteiger charge is 2.26.